The van der Waals surface area contributed by atoms with Gasteiger partial charge in [-0.25, -0.2) is 4.79 Å². The van der Waals surface area contributed by atoms with Crippen molar-refractivity contribution in [3.05, 3.63) is 35.9 Å². The van der Waals surface area contributed by atoms with Gasteiger partial charge in [-0.3, -0.25) is 14.5 Å². The molecule has 6 heteroatoms. The van der Waals surface area contributed by atoms with Crippen molar-refractivity contribution >= 4 is 17.8 Å². The zero-order valence-corrected chi connectivity index (χ0v) is 12.8. The molecule has 0 bridgehead atoms. The average Bonchev–Trinajstić information content (AvgIpc) is 2.74. The Morgan fingerprint density at radius 3 is 2.59 bits per heavy atom. The normalized spacial score (nSPS) is 17.8. The van der Waals surface area contributed by atoms with E-state index >= 15 is 0 Å². The Labute approximate surface area is 129 Å². The van der Waals surface area contributed by atoms with E-state index in [0.29, 0.717) is 12.5 Å². The van der Waals surface area contributed by atoms with Gasteiger partial charge in [-0.1, -0.05) is 44.2 Å². The number of nitrogens with zero attached hydrogens (tertiary/aromatic N) is 1. The Kier molecular flexibility index (Phi) is 5.14. The van der Waals surface area contributed by atoms with Gasteiger partial charge < -0.3 is 10.6 Å². The van der Waals surface area contributed by atoms with Gasteiger partial charge in [0.25, 0.3) is 5.91 Å². The van der Waals surface area contributed by atoms with E-state index in [1.165, 1.54) is 0 Å². The van der Waals surface area contributed by atoms with E-state index in [1.807, 2.05) is 44.2 Å². The lowest BCUT2D eigenvalue weighted by atomic mass is 10.1. The molecule has 1 saturated heterocycles. The molecule has 0 saturated carbocycles. The smallest absolute Gasteiger partial charge is 0.325 e. The maximum absolute atomic E-state index is 12.3. The summed E-state index contributed by atoms with van der Waals surface area (Å²) in [4.78, 5) is 37.1. The van der Waals surface area contributed by atoms with Crippen molar-refractivity contribution < 1.29 is 14.4 Å². The van der Waals surface area contributed by atoms with Crippen LogP contribution in [-0.2, 0) is 16.1 Å². The summed E-state index contributed by atoms with van der Waals surface area (Å²) in [6, 6.07) is 8.05. The van der Waals surface area contributed by atoms with Crippen LogP contribution in [0.5, 0.6) is 0 Å². The molecule has 1 aromatic carbocycles. The summed E-state index contributed by atoms with van der Waals surface area (Å²) in [7, 11) is 0. The van der Waals surface area contributed by atoms with Gasteiger partial charge in [0.1, 0.15) is 6.04 Å². The Morgan fingerprint density at radius 2 is 1.95 bits per heavy atom. The first kappa shape index (κ1) is 16.0. The highest BCUT2D eigenvalue weighted by Crippen LogP contribution is 2.13. The summed E-state index contributed by atoms with van der Waals surface area (Å²) in [5.74, 6) is -0.241. The lowest BCUT2D eigenvalue weighted by Gasteiger charge is -2.13. The zero-order chi connectivity index (χ0) is 16.1. The third-order valence-electron chi connectivity index (χ3n) is 3.39. The van der Waals surface area contributed by atoms with E-state index < -0.39 is 12.1 Å². The molecule has 1 fully saturated rings. The average molecular weight is 303 g/mol. The second kappa shape index (κ2) is 7.06. The molecule has 0 radical (unpaired) electrons. The number of imide groups is 1. The summed E-state index contributed by atoms with van der Waals surface area (Å²) in [6.45, 7) is 4.76. The highest BCUT2D eigenvalue weighted by Gasteiger charge is 2.38. The Hall–Kier alpha value is -2.37. The predicted molar refractivity (Wildman–Crippen MR) is 81.8 cm³/mol. The van der Waals surface area contributed by atoms with Crippen molar-refractivity contribution in [2.75, 3.05) is 6.54 Å². The maximum atomic E-state index is 12.3. The van der Waals surface area contributed by atoms with Crippen LogP contribution in [0.25, 0.3) is 0 Å². The molecule has 0 aromatic heterocycles. The van der Waals surface area contributed by atoms with Gasteiger partial charge in [-0.2, -0.15) is 0 Å². The maximum Gasteiger partial charge on any atom is 0.325 e. The van der Waals surface area contributed by atoms with Crippen molar-refractivity contribution in [3.63, 3.8) is 0 Å². The van der Waals surface area contributed by atoms with Crippen LogP contribution in [0.2, 0.25) is 0 Å². The largest absolute Gasteiger partial charge is 0.356 e. The quantitative estimate of drug-likeness (QED) is 0.777. The zero-order valence-electron chi connectivity index (χ0n) is 12.8. The van der Waals surface area contributed by atoms with Crippen LogP contribution in [0.15, 0.2) is 30.3 Å². The van der Waals surface area contributed by atoms with Gasteiger partial charge in [0.15, 0.2) is 0 Å². The topological polar surface area (TPSA) is 78.5 Å². The van der Waals surface area contributed by atoms with E-state index in [0.717, 1.165) is 10.5 Å². The second-order valence-electron chi connectivity index (χ2n) is 5.81. The highest BCUT2D eigenvalue weighted by molar-refractivity contribution is 6.05. The number of carbonyl (C=O) groups excluding carboxylic acids is 3. The monoisotopic (exact) mass is 303 g/mol. The minimum Gasteiger partial charge on any atom is -0.356 e. The van der Waals surface area contributed by atoms with E-state index in [-0.39, 0.29) is 24.8 Å². The molecule has 6 nitrogen and oxygen atoms in total. The Balaban J connectivity index is 1.92. The molecule has 4 amide bonds. The van der Waals surface area contributed by atoms with Crippen molar-refractivity contribution in [2.24, 2.45) is 5.92 Å². The molecular formula is C16H21N3O3. The molecule has 2 N–H and O–H groups in total. The number of benzene rings is 1. The predicted octanol–water partition coefficient (Wildman–Crippen LogP) is 1.27. The summed E-state index contributed by atoms with van der Waals surface area (Å²) in [5, 5.41) is 5.32. The summed E-state index contributed by atoms with van der Waals surface area (Å²) in [6.07, 6.45) is -0.0252. The fraction of sp³-hybridized carbons (Fsp3) is 0.438. The first-order valence-corrected chi connectivity index (χ1v) is 7.40. The van der Waals surface area contributed by atoms with Gasteiger partial charge in [-0.15, -0.1) is 0 Å². The SMILES string of the molecule is CC(C)CNC(=O)C[C@H]1NC(=O)N(Cc2ccccc2)C1=O. The van der Waals surface area contributed by atoms with Crippen molar-refractivity contribution in [2.45, 2.75) is 32.9 Å². The fourth-order valence-electron chi connectivity index (χ4n) is 2.21. The van der Waals surface area contributed by atoms with E-state index in [2.05, 4.69) is 10.6 Å². The molecule has 118 valence electrons. The van der Waals surface area contributed by atoms with Crippen molar-refractivity contribution in [1.29, 1.82) is 0 Å². The summed E-state index contributed by atoms with van der Waals surface area (Å²) >= 11 is 0. The van der Waals surface area contributed by atoms with Crippen LogP contribution in [0.1, 0.15) is 25.8 Å². The van der Waals surface area contributed by atoms with Crippen LogP contribution >= 0.6 is 0 Å². The lowest BCUT2D eigenvalue weighted by Crippen LogP contribution is -2.37. The van der Waals surface area contributed by atoms with Crippen molar-refractivity contribution in [3.8, 4) is 0 Å². The number of hydrogen-bond acceptors (Lipinski definition) is 3. The fourth-order valence-corrected chi connectivity index (χ4v) is 2.21. The summed E-state index contributed by atoms with van der Waals surface area (Å²) < 4.78 is 0. The van der Waals surface area contributed by atoms with Crippen LogP contribution < -0.4 is 10.6 Å². The van der Waals surface area contributed by atoms with Crippen LogP contribution in [-0.4, -0.2) is 35.3 Å². The molecule has 1 aliphatic rings. The molecular weight excluding hydrogens is 282 g/mol. The molecule has 0 aliphatic carbocycles. The van der Waals surface area contributed by atoms with Gasteiger partial charge >= 0.3 is 6.03 Å². The number of urea groups is 1. The molecule has 1 heterocycles. The molecule has 0 spiro atoms. The first-order chi connectivity index (χ1) is 10.5. The number of rotatable bonds is 6. The van der Waals surface area contributed by atoms with Gasteiger partial charge in [0.2, 0.25) is 5.91 Å². The van der Waals surface area contributed by atoms with E-state index in [9.17, 15) is 14.4 Å². The van der Waals surface area contributed by atoms with Crippen LogP contribution in [0, 0.1) is 5.92 Å². The third kappa shape index (κ3) is 4.07. The lowest BCUT2D eigenvalue weighted by molar-refractivity contribution is -0.131. The highest BCUT2D eigenvalue weighted by atomic mass is 16.2. The van der Waals surface area contributed by atoms with Gasteiger partial charge in [0.05, 0.1) is 13.0 Å². The van der Waals surface area contributed by atoms with Crippen LogP contribution in [0.3, 0.4) is 0 Å². The Morgan fingerprint density at radius 1 is 1.27 bits per heavy atom. The molecule has 2 rings (SSSR count). The van der Waals surface area contributed by atoms with E-state index in [4.69, 9.17) is 0 Å². The minimum atomic E-state index is -0.775. The Bertz CT molecular complexity index is 557. The first-order valence-electron chi connectivity index (χ1n) is 7.40. The molecule has 1 atom stereocenters. The summed E-state index contributed by atoms with van der Waals surface area (Å²) in [5.41, 5.74) is 0.871. The minimum absolute atomic E-state index is 0.0252. The third-order valence-corrected chi connectivity index (χ3v) is 3.39. The van der Waals surface area contributed by atoms with E-state index in [1.54, 1.807) is 0 Å². The molecule has 1 aliphatic heterocycles. The number of amides is 4. The number of nitrogens with one attached hydrogen (secondary N) is 2. The number of carbonyl (C=O) groups is 3. The van der Waals surface area contributed by atoms with Crippen LogP contribution in [0.4, 0.5) is 4.79 Å². The standard InChI is InChI=1S/C16H21N3O3/c1-11(2)9-17-14(20)8-13-15(21)19(16(22)18-13)10-12-6-4-3-5-7-12/h3-7,11,13H,8-10H2,1-2H3,(H,17,20)(H,18,22)/t13-/m1/s1. The molecule has 0 unspecified atom stereocenters. The number of hydrogen-bond donors (Lipinski definition) is 2. The molecule has 22 heavy (non-hydrogen) atoms. The van der Waals surface area contributed by atoms with Crippen molar-refractivity contribution in [1.82, 2.24) is 15.5 Å². The van der Waals surface area contributed by atoms with Gasteiger partial charge in [-0.05, 0) is 11.5 Å². The second-order valence-corrected chi connectivity index (χ2v) is 5.81. The molecule has 1 aromatic rings. The van der Waals surface area contributed by atoms with Gasteiger partial charge in [0, 0.05) is 6.54 Å².